The fourth-order valence-electron chi connectivity index (χ4n) is 3.69. The zero-order chi connectivity index (χ0) is 21.3. The molecule has 0 fully saturated rings. The van der Waals surface area contributed by atoms with Crippen molar-refractivity contribution in [1.29, 1.82) is 0 Å². The third-order valence-electron chi connectivity index (χ3n) is 5.17. The van der Waals surface area contributed by atoms with Crippen LogP contribution in [0.1, 0.15) is 16.8 Å². The van der Waals surface area contributed by atoms with Crippen molar-refractivity contribution in [2.24, 2.45) is 0 Å². The number of aromatic amines is 1. The van der Waals surface area contributed by atoms with Crippen molar-refractivity contribution in [2.75, 3.05) is 20.8 Å². The van der Waals surface area contributed by atoms with Crippen molar-refractivity contribution in [3.63, 3.8) is 0 Å². The molecule has 1 aromatic heterocycles. The van der Waals surface area contributed by atoms with Crippen LogP contribution in [-0.2, 0) is 19.5 Å². The fourth-order valence-corrected chi connectivity index (χ4v) is 4.13. The van der Waals surface area contributed by atoms with E-state index in [9.17, 15) is 4.79 Å². The van der Waals surface area contributed by atoms with Gasteiger partial charge in [0.25, 0.3) is 5.56 Å². The van der Waals surface area contributed by atoms with Crippen LogP contribution >= 0.6 is 23.2 Å². The molecular weight excluding hydrogens is 425 g/mol. The van der Waals surface area contributed by atoms with Crippen LogP contribution in [0.25, 0.3) is 11.4 Å². The number of H-pyrrole nitrogens is 1. The third-order valence-corrected chi connectivity index (χ3v) is 5.70. The number of ether oxygens (including phenoxy) is 2. The Labute approximate surface area is 184 Å². The fraction of sp³-hybridized carbons (Fsp3) is 0.273. The van der Waals surface area contributed by atoms with Crippen LogP contribution in [0, 0.1) is 0 Å². The predicted octanol–water partition coefficient (Wildman–Crippen LogP) is 4.32. The number of fused-ring (bicyclic) bond motifs is 1. The number of nitrogens with zero attached hydrogens (tertiary/aromatic N) is 2. The van der Waals surface area contributed by atoms with Gasteiger partial charge in [0.05, 0.1) is 24.9 Å². The summed E-state index contributed by atoms with van der Waals surface area (Å²) in [5.41, 5.74) is 3.28. The quantitative estimate of drug-likeness (QED) is 0.633. The average molecular weight is 446 g/mol. The van der Waals surface area contributed by atoms with Crippen molar-refractivity contribution in [3.8, 4) is 22.9 Å². The molecule has 0 unspecified atom stereocenters. The smallest absolute Gasteiger partial charge is 0.254 e. The largest absolute Gasteiger partial charge is 0.493 e. The normalized spacial score (nSPS) is 13.7. The monoisotopic (exact) mass is 445 g/mol. The van der Waals surface area contributed by atoms with Crippen molar-refractivity contribution in [2.45, 2.75) is 19.5 Å². The van der Waals surface area contributed by atoms with E-state index in [4.69, 9.17) is 37.7 Å². The zero-order valence-corrected chi connectivity index (χ0v) is 18.2. The summed E-state index contributed by atoms with van der Waals surface area (Å²) in [7, 11) is 3.15. The molecule has 6 nitrogen and oxygen atoms in total. The molecule has 0 radical (unpaired) electrons. The molecule has 0 aliphatic carbocycles. The molecule has 1 N–H and O–H groups in total. The van der Waals surface area contributed by atoms with Crippen molar-refractivity contribution >= 4 is 23.2 Å². The number of benzene rings is 2. The number of methoxy groups -OCH3 is 2. The Hall–Kier alpha value is -2.54. The number of hydrogen-bond acceptors (Lipinski definition) is 5. The van der Waals surface area contributed by atoms with Gasteiger partial charge in [0, 0.05) is 35.8 Å². The Morgan fingerprint density at radius 3 is 2.60 bits per heavy atom. The van der Waals surface area contributed by atoms with Gasteiger partial charge in [-0.05, 0) is 48.4 Å². The molecule has 30 heavy (non-hydrogen) atoms. The Morgan fingerprint density at radius 1 is 1.13 bits per heavy atom. The van der Waals surface area contributed by atoms with Crippen LogP contribution in [-0.4, -0.2) is 35.6 Å². The minimum absolute atomic E-state index is 0.0845. The highest BCUT2D eigenvalue weighted by Crippen LogP contribution is 2.36. The second-order valence-corrected chi connectivity index (χ2v) is 7.96. The van der Waals surface area contributed by atoms with E-state index in [1.54, 1.807) is 26.4 Å². The highest BCUT2D eigenvalue weighted by molar-refractivity contribution is 6.32. The van der Waals surface area contributed by atoms with Gasteiger partial charge in [-0.2, -0.15) is 0 Å². The Morgan fingerprint density at radius 2 is 1.90 bits per heavy atom. The van der Waals surface area contributed by atoms with Gasteiger partial charge in [-0.15, -0.1) is 0 Å². The molecule has 0 amide bonds. The van der Waals surface area contributed by atoms with E-state index in [-0.39, 0.29) is 5.56 Å². The molecule has 3 aromatic rings. The lowest BCUT2D eigenvalue weighted by atomic mass is 10.0. The van der Waals surface area contributed by atoms with Gasteiger partial charge in [-0.3, -0.25) is 9.69 Å². The summed E-state index contributed by atoms with van der Waals surface area (Å²) in [6.07, 6.45) is 0.638. The van der Waals surface area contributed by atoms with Gasteiger partial charge in [0.1, 0.15) is 5.82 Å². The van der Waals surface area contributed by atoms with Gasteiger partial charge in [0.15, 0.2) is 11.5 Å². The molecule has 0 spiro atoms. The number of nitrogens with one attached hydrogen (secondary N) is 1. The van der Waals surface area contributed by atoms with Crippen molar-refractivity contribution < 1.29 is 9.47 Å². The maximum atomic E-state index is 12.6. The molecule has 0 saturated carbocycles. The first-order chi connectivity index (χ1) is 14.5. The predicted molar refractivity (Wildman–Crippen MR) is 118 cm³/mol. The number of hydrogen-bond donors (Lipinski definition) is 1. The van der Waals surface area contributed by atoms with E-state index in [0.29, 0.717) is 46.9 Å². The topological polar surface area (TPSA) is 67.5 Å². The molecule has 0 atom stereocenters. The van der Waals surface area contributed by atoms with E-state index >= 15 is 0 Å². The number of aromatic nitrogens is 2. The maximum absolute atomic E-state index is 12.6. The summed E-state index contributed by atoms with van der Waals surface area (Å²) >= 11 is 12.3. The van der Waals surface area contributed by atoms with Gasteiger partial charge >= 0.3 is 0 Å². The molecular formula is C22H21Cl2N3O3. The Balaban J connectivity index is 1.59. The van der Waals surface area contributed by atoms with Crippen molar-refractivity contribution in [1.82, 2.24) is 14.9 Å². The summed E-state index contributed by atoms with van der Waals surface area (Å²) in [4.78, 5) is 22.5. The van der Waals surface area contributed by atoms with Crippen LogP contribution in [0.5, 0.6) is 11.5 Å². The molecule has 1 aliphatic rings. The average Bonchev–Trinajstić information content (AvgIpc) is 2.73. The lowest BCUT2D eigenvalue weighted by Crippen LogP contribution is -2.35. The second kappa shape index (κ2) is 8.68. The first-order valence-corrected chi connectivity index (χ1v) is 10.2. The molecule has 8 heteroatoms. The molecule has 156 valence electrons. The Bertz CT molecular complexity index is 1130. The molecule has 0 saturated heterocycles. The van der Waals surface area contributed by atoms with E-state index in [1.165, 1.54) is 0 Å². The van der Waals surface area contributed by atoms with Crippen LogP contribution in [0.4, 0.5) is 0 Å². The SMILES string of the molecule is COc1cc(CN2CCc3c(nc(-c4ccc(Cl)cc4)[nH]c3=O)C2)cc(Cl)c1OC. The van der Waals surface area contributed by atoms with Crippen LogP contribution in [0.3, 0.4) is 0 Å². The van der Waals surface area contributed by atoms with Gasteiger partial charge in [-0.25, -0.2) is 4.98 Å². The molecule has 0 bridgehead atoms. The third kappa shape index (κ3) is 4.17. The first kappa shape index (κ1) is 20.7. The van der Waals surface area contributed by atoms with E-state index < -0.39 is 0 Å². The highest BCUT2D eigenvalue weighted by Gasteiger charge is 2.22. The van der Waals surface area contributed by atoms with Crippen LogP contribution in [0.2, 0.25) is 10.0 Å². The second-order valence-electron chi connectivity index (χ2n) is 7.12. The summed E-state index contributed by atoms with van der Waals surface area (Å²) in [6, 6.07) is 11.1. The van der Waals surface area contributed by atoms with Crippen LogP contribution in [0.15, 0.2) is 41.2 Å². The summed E-state index contributed by atoms with van der Waals surface area (Å²) < 4.78 is 10.7. The lowest BCUT2D eigenvalue weighted by Gasteiger charge is -2.28. The van der Waals surface area contributed by atoms with Crippen molar-refractivity contribution in [3.05, 3.63) is 73.6 Å². The summed E-state index contributed by atoms with van der Waals surface area (Å²) in [5.74, 6) is 1.66. The molecule has 2 aromatic carbocycles. The van der Waals surface area contributed by atoms with Crippen LogP contribution < -0.4 is 15.0 Å². The maximum Gasteiger partial charge on any atom is 0.254 e. The zero-order valence-electron chi connectivity index (χ0n) is 16.7. The first-order valence-electron chi connectivity index (χ1n) is 9.49. The van der Waals surface area contributed by atoms with Gasteiger partial charge in [0.2, 0.25) is 0 Å². The van der Waals surface area contributed by atoms with E-state index in [1.807, 2.05) is 24.3 Å². The van der Waals surface area contributed by atoms with E-state index in [2.05, 4.69) is 9.88 Å². The summed E-state index contributed by atoms with van der Waals surface area (Å²) in [5, 5.41) is 1.14. The molecule has 4 rings (SSSR count). The standard InChI is InChI=1S/C22H21Cl2N3O3/c1-29-19-10-13(9-17(24)20(19)30-2)11-27-8-7-16-18(12-27)25-21(26-22(16)28)14-3-5-15(23)6-4-14/h3-6,9-10H,7-8,11-12H2,1-2H3,(H,25,26,28). The highest BCUT2D eigenvalue weighted by atomic mass is 35.5. The molecule has 1 aliphatic heterocycles. The van der Waals surface area contributed by atoms with Gasteiger partial charge < -0.3 is 14.5 Å². The Kier molecular flexibility index (Phi) is 5.99. The number of rotatable bonds is 5. The summed E-state index contributed by atoms with van der Waals surface area (Å²) in [6.45, 7) is 1.99. The van der Waals surface area contributed by atoms with E-state index in [0.717, 1.165) is 28.9 Å². The minimum Gasteiger partial charge on any atom is -0.493 e. The minimum atomic E-state index is -0.0845. The van der Waals surface area contributed by atoms with Gasteiger partial charge in [-0.1, -0.05) is 23.2 Å². The lowest BCUT2D eigenvalue weighted by molar-refractivity contribution is 0.240. The molecule has 2 heterocycles. The number of halogens is 2.